The van der Waals surface area contributed by atoms with E-state index < -0.39 is 17.9 Å². The Morgan fingerprint density at radius 3 is 1.50 bits per heavy atom. The Bertz CT molecular complexity index is 218. The largest absolute Gasteiger partial charge is 0.480 e. The van der Waals surface area contributed by atoms with Crippen molar-refractivity contribution in [1.29, 1.82) is 0 Å². The summed E-state index contributed by atoms with van der Waals surface area (Å²) in [4.78, 5) is 28.6. The van der Waals surface area contributed by atoms with Crippen LogP contribution in [0.1, 0.15) is 0 Å². The molecule has 0 aliphatic carbocycles. The van der Waals surface area contributed by atoms with Gasteiger partial charge in [-0.25, -0.2) is 9.59 Å². The second-order valence-corrected chi connectivity index (χ2v) is 1.93. The maximum Gasteiger partial charge on any atom is 0.328 e. The van der Waals surface area contributed by atoms with Gasteiger partial charge in [-0.1, -0.05) is 0 Å². The van der Waals surface area contributed by atoms with Crippen LogP contribution >= 0.6 is 0 Å². The molecule has 4 N–H and O–H groups in total. The van der Waals surface area contributed by atoms with Crippen molar-refractivity contribution in [2.75, 3.05) is 13.6 Å². The quantitative estimate of drug-likeness (QED) is 0.434. The van der Waals surface area contributed by atoms with E-state index in [0.717, 1.165) is 0 Å². The second-order valence-electron chi connectivity index (χ2n) is 1.93. The predicted molar refractivity (Wildman–Crippen MR) is 46.0 cm³/mol. The summed E-state index contributed by atoms with van der Waals surface area (Å²) in [5.41, 5.74) is 0. The van der Waals surface area contributed by atoms with E-state index >= 15 is 0 Å². The maximum atomic E-state index is 9.55. The average molecular weight is 205 g/mol. The number of rotatable bonds is 4. The summed E-state index contributed by atoms with van der Waals surface area (Å²) in [5.74, 6) is -3.34. The van der Waals surface area contributed by atoms with Crippen LogP contribution in [0.3, 0.4) is 0 Å². The van der Waals surface area contributed by atoms with Crippen LogP contribution in [-0.2, 0) is 14.4 Å². The van der Waals surface area contributed by atoms with Crippen molar-refractivity contribution >= 4 is 17.9 Å². The highest BCUT2D eigenvalue weighted by atomic mass is 16.4. The molecule has 0 amide bonds. The molecule has 0 unspecified atom stereocenters. The minimum Gasteiger partial charge on any atom is -0.480 e. The summed E-state index contributed by atoms with van der Waals surface area (Å²) in [7, 11) is 1.59. The van der Waals surface area contributed by atoms with Crippen LogP contribution in [0.25, 0.3) is 0 Å². The Morgan fingerprint density at radius 1 is 1.07 bits per heavy atom. The third kappa shape index (κ3) is 22.5. The summed E-state index contributed by atoms with van der Waals surface area (Å²) in [6, 6.07) is 0. The van der Waals surface area contributed by atoms with Crippen LogP contribution in [0.4, 0.5) is 0 Å². The van der Waals surface area contributed by atoms with Crippen LogP contribution < -0.4 is 5.32 Å². The average Bonchev–Trinajstić information content (AvgIpc) is 2.01. The Hall–Kier alpha value is -1.89. The van der Waals surface area contributed by atoms with Gasteiger partial charge in [0.2, 0.25) is 0 Å². The summed E-state index contributed by atoms with van der Waals surface area (Å²) in [5, 5.41) is 25.9. The first-order valence-corrected chi connectivity index (χ1v) is 3.40. The first-order chi connectivity index (χ1) is 6.40. The molecule has 0 bridgehead atoms. The molecule has 0 aromatic rings. The van der Waals surface area contributed by atoms with Gasteiger partial charge in [-0.3, -0.25) is 4.79 Å². The van der Waals surface area contributed by atoms with E-state index in [-0.39, 0.29) is 6.54 Å². The molecule has 0 atom stereocenters. The molecule has 0 fully saturated rings. The minimum atomic E-state index is -1.26. The van der Waals surface area contributed by atoms with E-state index in [0.29, 0.717) is 12.2 Å². The Labute approximate surface area is 79.7 Å². The van der Waals surface area contributed by atoms with E-state index in [1.807, 2.05) is 0 Å². The van der Waals surface area contributed by atoms with Gasteiger partial charge < -0.3 is 20.6 Å². The fraction of sp³-hybridized carbons (Fsp3) is 0.286. The van der Waals surface area contributed by atoms with Gasteiger partial charge in [0, 0.05) is 12.2 Å². The number of nitrogens with one attached hydrogen (secondary N) is 1. The highest BCUT2D eigenvalue weighted by Crippen LogP contribution is 1.70. The van der Waals surface area contributed by atoms with E-state index in [1.165, 1.54) is 0 Å². The molecule has 0 spiro atoms. The highest BCUT2D eigenvalue weighted by molar-refractivity contribution is 5.89. The van der Waals surface area contributed by atoms with E-state index in [2.05, 4.69) is 5.32 Å². The van der Waals surface area contributed by atoms with E-state index in [4.69, 9.17) is 15.3 Å². The summed E-state index contributed by atoms with van der Waals surface area (Å²) >= 11 is 0. The van der Waals surface area contributed by atoms with Gasteiger partial charge in [-0.15, -0.1) is 0 Å². The van der Waals surface area contributed by atoms with Crippen molar-refractivity contribution in [1.82, 2.24) is 5.32 Å². The molecule has 0 aliphatic heterocycles. The SMILES string of the molecule is CNCC(=O)O.O=C(O)/C=C/C(=O)O. The van der Waals surface area contributed by atoms with Crippen LogP contribution in [-0.4, -0.2) is 46.8 Å². The van der Waals surface area contributed by atoms with Gasteiger partial charge in [0.25, 0.3) is 0 Å². The first kappa shape index (κ1) is 14.6. The molecule has 0 radical (unpaired) electrons. The molecule has 0 saturated carbocycles. The van der Waals surface area contributed by atoms with Crippen LogP contribution in [0.15, 0.2) is 12.2 Å². The number of hydrogen-bond donors (Lipinski definition) is 4. The van der Waals surface area contributed by atoms with Crippen molar-refractivity contribution in [3.63, 3.8) is 0 Å². The standard InChI is InChI=1S/C4H4O4.C3H7NO2/c5-3(6)1-2-4(7)8;1-4-2-3(5)6/h1-2H,(H,5,6)(H,7,8);4H,2H2,1H3,(H,5,6)/b2-1+;. The highest BCUT2D eigenvalue weighted by Gasteiger charge is 1.88. The van der Waals surface area contributed by atoms with Crippen molar-refractivity contribution in [3.8, 4) is 0 Å². The number of carboxylic acid groups (broad SMARTS) is 3. The third-order valence-electron chi connectivity index (χ3n) is 0.696. The number of likely N-dealkylation sites (N-methyl/N-ethyl adjacent to an activating group) is 1. The zero-order valence-electron chi connectivity index (χ0n) is 7.43. The predicted octanol–water partition coefficient (Wildman–Crippen LogP) is -0.998. The topological polar surface area (TPSA) is 124 Å². The van der Waals surface area contributed by atoms with E-state index in [1.54, 1.807) is 7.05 Å². The molecular formula is C7H11NO6. The number of hydrogen-bond acceptors (Lipinski definition) is 4. The number of carboxylic acids is 3. The normalized spacial score (nSPS) is 8.93. The van der Waals surface area contributed by atoms with Gasteiger partial charge in [0.1, 0.15) is 0 Å². The molecule has 0 aromatic carbocycles. The lowest BCUT2D eigenvalue weighted by molar-refractivity contribution is -0.136. The molecule has 14 heavy (non-hydrogen) atoms. The first-order valence-electron chi connectivity index (χ1n) is 3.40. The van der Waals surface area contributed by atoms with Gasteiger partial charge in [0.05, 0.1) is 6.54 Å². The van der Waals surface area contributed by atoms with Crippen LogP contribution in [0.5, 0.6) is 0 Å². The van der Waals surface area contributed by atoms with Crippen molar-refractivity contribution < 1.29 is 29.7 Å². The molecule has 80 valence electrons. The summed E-state index contributed by atoms with van der Waals surface area (Å²) in [6.07, 6.45) is 1.12. The molecule has 0 rings (SSSR count). The Kier molecular flexibility index (Phi) is 9.61. The van der Waals surface area contributed by atoms with Crippen molar-refractivity contribution in [2.45, 2.75) is 0 Å². The van der Waals surface area contributed by atoms with Crippen LogP contribution in [0.2, 0.25) is 0 Å². The smallest absolute Gasteiger partial charge is 0.328 e. The zero-order chi connectivity index (χ0) is 11.6. The molecule has 7 heteroatoms. The molecule has 7 nitrogen and oxygen atoms in total. The fourth-order valence-corrected chi connectivity index (χ4v) is 0.294. The minimum absolute atomic E-state index is 0.0417. The van der Waals surface area contributed by atoms with Gasteiger partial charge in [0.15, 0.2) is 0 Å². The van der Waals surface area contributed by atoms with Crippen LogP contribution in [0, 0.1) is 0 Å². The summed E-state index contributed by atoms with van der Waals surface area (Å²) in [6.45, 7) is 0.0417. The molecule has 0 saturated heterocycles. The van der Waals surface area contributed by atoms with Gasteiger partial charge in [-0.2, -0.15) is 0 Å². The third-order valence-corrected chi connectivity index (χ3v) is 0.696. The lowest BCUT2D eigenvalue weighted by atomic mass is 10.5. The lowest BCUT2D eigenvalue weighted by Gasteiger charge is -1.84. The fourth-order valence-electron chi connectivity index (χ4n) is 0.294. The molecular weight excluding hydrogens is 194 g/mol. The van der Waals surface area contributed by atoms with Gasteiger partial charge in [-0.05, 0) is 7.05 Å². The summed E-state index contributed by atoms with van der Waals surface area (Å²) < 4.78 is 0. The zero-order valence-corrected chi connectivity index (χ0v) is 7.43. The molecule has 0 aromatic heterocycles. The second kappa shape index (κ2) is 9.20. The van der Waals surface area contributed by atoms with Crippen molar-refractivity contribution in [2.24, 2.45) is 0 Å². The molecule has 0 heterocycles. The Morgan fingerprint density at radius 2 is 1.43 bits per heavy atom. The van der Waals surface area contributed by atoms with Gasteiger partial charge >= 0.3 is 17.9 Å². The Balaban J connectivity index is 0. The monoisotopic (exact) mass is 205 g/mol. The maximum absolute atomic E-state index is 9.55. The number of carbonyl (C=O) groups is 3. The molecule has 0 aliphatic rings. The van der Waals surface area contributed by atoms with E-state index in [9.17, 15) is 14.4 Å². The lowest BCUT2D eigenvalue weighted by Crippen LogP contribution is -2.16. The van der Waals surface area contributed by atoms with Crippen molar-refractivity contribution in [3.05, 3.63) is 12.2 Å². The number of aliphatic carboxylic acids is 3.